The van der Waals surface area contributed by atoms with E-state index in [1.54, 1.807) is 33.7 Å². The van der Waals surface area contributed by atoms with Gasteiger partial charge in [-0.05, 0) is 24.1 Å². The third kappa shape index (κ3) is 4.07. The molecule has 0 unspecified atom stereocenters. The van der Waals surface area contributed by atoms with Crippen molar-refractivity contribution in [2.75, 3.05) is 12.1 Å². The summed E-state index contributed by atoms with van der Waals surface area (Å²) in [6.45, 7) is 2.81. The molecule has 3 heterocycles. The lowest BCUT2D eigenvalue weighted by Crippen LogP contribution is -2.25. The molecule has 33 heavy (non-hydrogen) atoms. The predicted octanol–water partition coefficient (Wildman–Crippen LogP) is 4.03. The lowest BCUT2D eigenvalue weighted by atomic mass is 10.1. The standard InChI is InChI=1S/C25H24N4O4/c1-2-3-11-28-15-26-23-19(17-7-5-4-6-8-17)13-29(24(23)25(28)31)14-22(30)27-18-9-10-20-21(12-18)33-16-32-20/h4-10,12-13,15H,2-3,11,14,16H2,1H3,(H,27,30). The average molecular weight is 444 g/mol. The van der Waals surface area contributed by atoms with Gasteiger partial charge in [0.25, 0.3) is 5.56 Å². The maximum Gasteiger partial charge on any atom is 0.277 e. The van der Waals surface area contributed by atoms with E-state index in [4.69, 9.17) is 9.47 Å². The van der Waals surface area contributed by atoms with Crippen LogP contribution in [0.2, 0.25) is 0 Å². The van der Waals surface area contributed by atoms with E-state index in [9.17, 15) is 9.59 Å². The number of unbranched alkanes of at least 4 members (excludes halogenated alkanes) is 1. The summed E-state index contributed by atoms with van der Waals surface area (Å²) in [6.07, 6.45) is 5.28. The number of anilines is 1. The van der Waals surface area contributed by atoms with Gasteiger partial charge in [-0.1, -0.05) is 43.7 Å². The van der Waals surface area contributed by atoms with Crippen LogP contribution in [-0.2, 0) is 17.9 Å². The van der Waals surface area contributed by atoms with Gasteiger partial charge in [-0.3, -0.25) is 14.2 Å². The monoisotopic (exact) mass is 444 g/mol. The molecule has 0 bridgehead atoms. The molecule has 1 aliphatic heterocycles. The van der Waals surface area contributed by atoms with Crippen molar-refractivity contribution in [1.29, 1.82) is 0 Å². The van der Waals surface area contributed by atoms with Gasteiger partial charge in [0.15, 0.2) is 11.5 Å². The van der Waals surface area contributed by atoms with Crippen molar-refractivity contribution in [3.05, 3.63) is 71.4 Å². The van der Waals surface area contributed by atoms with Crippen LogP contribution in [0, 0.1) is 0 Å². The number of hydrogen-bond donors (Lipinski definition) is 1. The first kappa shape index (κ1) is 20.8. The lowest BCUT2D eigenvalue weighted by molar-refractivity contribution is -0.116. The lowest BCUT2D eigenvalue weighted by Gasteiger charge is -2.09. The molecule has 0 aliphatic carbocycles. The minimum absolute atomic E-state index is 0.0213. The highest BCUT2D eigenvalue weighted by atomic mass is 16.7. The first-order chi connectivity index (χ1) is 16.1. The number of ether oxygens (including phenoxy) is 2. The van der Waals surface area contributed by atoms with Gasteiger partial charge in [0.05, 0.1) is 6.33 Å². The molecule has 0 radical (unpaired) electrons. The van der Waals surface area contributed by atoms with Gasteiger partial charge >= 0.3 is 0 Å². The Kier molecular flexibility index (Phi) is 5.56. The van der Waals surface area contributed by atoms with Crippen LogP contribution in [-0.4, -0.2) is 26.8 Å². The molecule has 2 aromatic carbocycles. The molecule has 0 saturated carbocycles. The van der Waals surface area contributed by atoms with Crippen molar-refractivity contribution in [3.63, 3.8) is 0 Å². The van der Waals surface area contributed by atoms with E-state index in [0.717, 1.165) is 24.0 Å². The molecule has 0 fully saturated rings. The van der Waals surface area contributed by atoms with Gasteiger partial charge in [-0.25, -0.2) is 4.98 Å². The van der Waals surface area contributed by atoms with Gasteiger partial charge in [0.2, 0.25) is 12.7 Å². The van der Waals surface area contributed by atoms with Crippen molar-refractivity contribution < 1.29 is 14.3 Å². The largest absolute Gasteiger partial charge is 0.454 e. The summed E-state index contributed by atoms with van der Waals surface area (Å²) in [4.78, 5) is 30.8. The smallest absolute Gasteiger partial charge is 0.277 e. The van der Waals surface area contributed by atoms with Crippen molar-refractivity contribution in [2.24, 2.45) is 0 Å². The Bertz CT molecular complexity index is 1370. The molecule has 0 saturated heterocycles. The fraction of sp³-hybridized carbons (Fsp3) is 0.240. The third-order valence-electron chi connectivity index (χ3n) is 5.65. The summed E-state index contributed by atoms with van der Waals surface area (Å²) in [5.41, 5.74) is 3.23. The zero-order chi connectivity index (χ0) is 22.8. The molecule has 0 spiro atoms. The molecule has 8 nitrogen and oxygen atoms in total. The average Bonchev–Trinajstić information content (AvgIpc) is 3.44. The van der Waals surface area contributed by atoms with Crippen LogP contribution in [0.15, 0.2) is 65.8 Å². The van der Waals surface area contributed by atoms with E-state index < -0.39 is 0 Å². The topological polar surface area (TPSA) is 87.4 Å². The number of aryl methyl sites for hydroxylation is 1. The number of rotatable bonds is 7. The third-order valence-corrected chi connectivity index (χ3v) is 5.65. The Hall–Kier alpha value is -4.07. The van der Waals surface area contributed by atoms with E-state index in [1.165, 1.54) is 0 Å². The number of carbonyl (C=O) groups excluding carboxylic acids is 1. The number of hydrogen-bond acceptors (Lipinski definition) is 5. The molecule has 5 rings (SSSR count). The molecule has 0 atom stereocenters. The van der Waals surface area contributed by atoms with Gasteiger partial charge in [0, 0.05) is 30.1 Å². The summed E-state index contributed by atoms with van der Waals surface area (Å²) < 4.78 is 14.0. The van der Waals surface area contributed by atoms with Gasteiger partial charge < -0.3 is 19.4 Å². The van der Waals surface area contributed by atoms with E-state index in [1.807, 2.05) is 36.5 Å². The summed E-state index contributed by atoms with van der Waals surface area (Å²) in [5, 5.41) is 2.88. The fourth-order valence-corrected chi connectivity index (χ4v) is 3.99. The summed E-state index contributed by atoms with van der Waals surface area (Å²) in [5.74, 6) is 0.984. The Morgan fingerprint density at radius 3 is 2.73 bits per heavy atom. The van der Waals surface area contributed by atoms with Gasteiger partial charge in [0.1, 0.15) is 17.6 Å². The van der Waals surface area contributed by atoms with Crippen molar-refractivity contribution in [1.82, 2.24) is 14.1 Å². The predicted molar refractivity (Wildman–Crippen MR) is 126 cm³/mol. The Balaban J connectivity index is 1.50. The molecule has 168 valence electrons. The normalized spacial score (nSPS) is 12.3. The van der Waals surface area contributed by atoms with Crippen LogP contribution in [0.25, 0.3) is 22.2 Å². The molecule has 8 heteroatoms. The van der Waals surface area contributed by atoms with E-state index in [2.05, 4.69) is 17.2 Å². The second-order valence-corrected chi connectivity index (χ2v) is 7.95. The Morgan fingerprint density at radius 2 is 1.91 bits per heavy atom. The van der Waals surface area contributed by atoms with Crippen LogP contribution >= 0.6 is 0 Å². The molecular formula is C25H24N4O4. The van der Waals surface area contributed by atoms with E-state index in [0.29, 0.717) is 34.8 Å². The second kappa shape index (κ2) is 8.82. The van der Waals surface area contributed by atoms with Crippen molar-refractivity contribution in [2.45, 2.75) is 32.9 Å². The fourth-order valence-electron chi connectivity index (χ4n) is 3.99. The number of carbonyl (C=O) groups is 1. The van der Waals surface area contributed by atoms with Gasteiger partial charge in [-0.15, -0.1) is 0 Å². The van der Waals surface area contributed by atoms with E-state index >= 15 is 0 Å². The zero-order valence-electron chi connectivity index (χ0n) is 18.3. The summed E-state index contributed by atoms with van der Waals surface area (Å²) in [7, 11) is 0. The number of aromatic nitrogens is 3. The van der Waals surface area contributed by atoms with Crippen molar-refractivity contribution >= 4 is 22.6 Å². The SMILES string of the molecule is CCCCn1cnc2c(-c3ccccc3)cn(CC(=O)Nc3ccc4c(c3)OCO4)c2c1=O. The van der Waals surface area contributed by atoms with E-state index in [-0.39, 0.29) is 24.8 Å². The summed E-state index contributed by atoms with van der Waals surface area (Å²) >= 11 is 0. The second-order valence-electron chi connectivity index (χ2n) is 7.95. The molecule has 1 aliphatic rings. The quantitative estimate of drug-likeness (QED) is 0.465. The maximum absolute atomic E-state index is 13.3. The Morgan fingerprint density at radius 1 is 1.09 bits per heavy atom. The number of amides is 1. The highest BCUT2D eigenvalue weighted by Crippen LogP contribution is 2.34. The van der Waals surface area contributed by atoms with Crippen LogP contribution < -0.4 is 20.3 Å². The zero-order valence-corrected chi connectivity index (χ0v) is 18.3. The number of benzene rings is 2. The molecule has 2 aromatic heterocycles. The van der Waals surface area contributed by atoms with Crippen LogP contribution in [0.1, 0.15) is 19.8 Å². The van der Waals surface area contributed by atoms with Crippen LogP contribution in [0.5, 0.6) is 11.5 Å². The van der Waals surface area contributed by atoms with Crippen molar-refractivity contribution in [3.8, 4) is 22.6 Å². The number of nitrogens with zero attached hydrogens (tertiary/aromatic N) is 3. The minimum Gasteiger partial charge on any atom is -0.454 e. The number of nitrogens with one attached hydrogen (secondary N) is 1. The molecular weight excluding hydrogens is 420 g/mol. The molecule has 1 amide bonds. The highest BCUT2D eigenvalue weighted by molar-refractivity contribution is 5.95. The molecule has 4 aromatic rings. The first-order valence-corrected chi connectivity index (χ1v) is 11.0. The first-order valence-electron chi connectivity index (χ1n) is 11.0. The summed E-state index contributed by atoms with van der Waals surface area (Å²) in [6, 6.07) is 15.0. The van der Waals surface area contributed by atoms with Crippen LogP contribution in [0.4, 0.5) is 5.69 Å². The number of fused-ring (bicyclic) bond motifs is 2. The maximum atomic E-state index is 13.3. The minimum atomic E-state index is -0.256. The highest BCUT2D eigenvalue weighted by Gasteiger charge is 2.19. The van der Waals surface area contributed by atoms with Crippen LogP contribution in [0.3, 0.4) is 0 Å². The van der Waals surface area contributed by atoms with Gasteiger partial charge in [-0.2, -0.15) is 0 Å². The Labute approximate surface area is 190 Å². The molecule has 1 N–H and O–H groups in total.